The molecule has 0 radical (unpaired) electrons. The van der Waals surface area contributed by atoms with Crippen molar-refractivity contribution in [3.05, 3.63) is 0 Å². The van der Waals surface area contributed by atoms with Gasteiger partial charge < -0.3 is 5.32 Å². The van der Waals surface area contributed by atoms with Crippen LogP contribution >= 0.6 is 0 Å². The molecule has 2 saturated carbocycles. The molecule has 0 amide bonds. The van der Waals surface area contributed by atoms with Crippen molar-refractivity contribution in [3.8, 4) is 0 Å². The highest BCUT2D eigenvalue weighted by Crippen LogP contribution is 2.66. The standard InChI is InChI=1S/C11H21N/c1-10(2)4-5-11(8-10)6-9(11)7-12-3/h9,12H,4-8H2,1-3H3. The van der Waals surface area contributed by atoms with E-state index in [0.717, 1.165) is 11.3 Å². The molecule has 0 aliphatic heterocycles. The maximum absolute atomic E-state index is 3.31. The third-order valence-electron chi connectivity index (χ3n) is 3.94. The van der Waals surface area contributed by atoms with E-state index >= 15 is 0 Å². The molecule has 70 valence electrons. The fourth-order valence-corrected chi connectivity index (χ4v) is 3.21. The van der Waals surface area contributed by atoms with Crippen molar-refractivity contribution in [1.29, 1.82) is 0 Å². The summed E-state index contributed by atoms with van der Waals surface area (Å²) >= 11 is 0. The molecule has 1 N–H and O–H groups in total. The van der Waals surface area contributed by atoms with E-state index in [1.807, 2.05) is 0 Å². The SMILES string of the molecule is CNCC1CC12CCC(C)(C)C2. The lowest BCUT2D eigenvalue weighted by Gasteiger charge is -2.17. The van der Waals surface area contributed by atoms with Crippen molar-refractivity contribution < 1.29 is 0 Å². The summed E-state index contributed by atoms with van der Waals surface area (Å²) in [5.41, 5.74) is 1.43. The first kappa shape index (κ1) is 8.55. The van der Waals surface area contributed by atoms with Gasteiger partial charge in [0.2, 0.25) is 0 Å². The fraction of sp³-hybridized carbons (Fsp3) is 1.00. The molecular formula is C11H21N. The van der Waals surface area contributed by atoms with Crippen molar-refractivity contribution in [1.82, 2.24) is 5.32 Å². The van der Waals surface area contributed by atoms with Crippen molar-refractivity contribution in [3.63, 3.8) is 0 Å². The number of nitrogens with one attached hydrogen (secondary N) is 1. The van der Waals surface area contributed by atoms with Crippen LogP contribution < -0.4 is 5.32 Å². The lowest BCUT2D eigenvalue weighted by atomic mass is 9.89. The average molecular weight is 167 g/mol. The molecule has 0 aromatic carbocycles. The number of hydrogen-bond donors (Lipinski definition) is 1. The maximum Gasteiger partial charge on any atom is -0.00180 e. The Hall–Kier alpha value is -0.0400. The summed E-state index contributed by atoms with van der Waals surface area (Å²) in [4.78, 5) is 0. The van der Waals surface area contributed by atoms with Crippen LogP contribution in [-0.2, 0) is 0 Å². The molecule has 2 fully saturated rings. The zero-order valence-corrected chi connectivity index (χ0v) is 8.61. The first-order chi connectivity index (χ1) is 5.58. The van der Waals surface area contributed by atoms with E-state index < -0.39 is 0 Å². The van der Waals surface area contributed by atoms with Crippen molar-refractivity contribution in [2.24, 2.45) is 16.7 Å². The maximum atomic E-state index is 3.31. The summed E-state index contributed by atoms with van der Waals surface area (Å²) in [6.07, 6.45) is 5.92. The molecule has 1 heteroatoms. The second kappa shape index (κ2) is 2.47. The van der Waals surface area contributed by atoms with Gasteiger partial charge in [0.1, 0.15) is 0 Å². The third-order valence-corrected chi connectivity index (χ3v) is 3.94. The summed E-state index contributed by atoms with van der Waals surface area (Å²) in [5, 5.41) is 3.31. The number of rotatable bonds is 2. The van der Waals surface area contributed by atoms with Crippen LogP contribution in [0.5, 0.6) is 0 Å². The van der Waals surface area contributed by atoms with Crippen molar-refractivity contribution >= 4 is 0 Å². The van der Waals surface area contributed by atoms with Gasteiger partial charge in [-0.1, -0.05) is 13.8 Å². The van der Waals surface area contributed by atoms with Gasteiger partial charge >= 0.3 is 0 Å². The monoisotopic (exact) mass is 167 g/mol. The Balaban J connectivity index is 1.93. The van der Waals surface area contributed by atoms with Gasteiger partial charge in [0.15, 0.2) is 0 Å². The van der Waals surface area contributed by atoms with Gasteiger partial charge in [-0.3, -0.25) is 0 Å². The van der Waals surface area contributed by atoms with Gasteiger partial charge in [-0.2, -0.15) is 0 Å². The van der Waals surface area contributed by atoms with Crippen LogP contribution in [0.4, 0.5) is 0 Å². The van der Waals surface area contributed by atoms with E-state index in [9.17, 15) is 0 Å². The zero-order chi connectivity index (χ0) is 8.82. The first-order valence-corrected chi connectivity index (χ1v) is 5.23. The molecule has 2 rings (SSSR count). The molecule has 2 unspecified atom stereocenters. The first-order valence-electron chi connectivity index (χ1n) is 5.23. The van der Waals surface area contributed by atoms with E-state index in [0.29, 0.717) is 5.41 Å². The highest BCUT2D eigenvalue weighted by molar-refractivity contribution is 5.09. The molecule has 2 aliphatic rings. The molecule has 0 aromatic rings. The van der Waals surface area contributed by atoms with Gasteiger partial charge in [0.05, 0.1) is 0 Å². The highest BCUT2D eigenvalue weighted by atomic mass is 14.8. The van der Waals surface area contributed by atoms with Crippen molar-refractivity contribution in [2.75, 3.05) is 13.6 Å². The molecule has 0 aromatic heterocycles. The summed E-state index contributed by atoms with van der Waals surface area (Å²) in [5.74, 6) is 1.00. The Kier molecular flexibility index (Phi) is 1.76. The second-order valence-electron chi connectivity index (χ2n) is 5.66. The van der Waals surface area contributed by atoms with Crippen LogP contribution in [0.3, 0.4) is 0 Å². The van der Waals surface area contributed by atoms with E-state index in [1.54, 1.807) is 0 Å². The highest BCUT2D eigenvalue weighted by Gasteiger charge is 2.58. The predicted octanol–water partition coefficient (Wildman–Crippen LogP) is 2.42. The second-order valence-corrected chi connectivity index (χ2v) is 5.66. The molecule has 0 heterocycles. The summed E-state index contributed by atoms with van der Waals surface area (Å²) in [6.45, 7) is 6.10. The largest absolute Gasteiger partial charge is 0.319 e. The Morgan fingerprint density at radius 3 is 2.58 bits per heavy atom. The Bertz CT molecular complexity index is 185. The van der Waals surface area contributed by atoms with Gasteiger partial charge in [-0.15, -0.1) is 0 Å². The van der Waals surface area contributed by atoms with Gasteiger partial charge in [-0.05, 0) is 56.0 Å². The van der Waals surface area contributed by atoms with Crippen molar-refractivity contribution in [2.45, 2.75) is 39.5 Å². The minimum absolute atomic E-state index is 0.641. The minimum Gasteiger partial charge on any atom is -0.319 e. The molecule has 0 bridgehead atoms. The predicted molar refractivity (Wildman–Crippen MR) is 52.1 cm³/mol. The minimum atomic E-state index is 0.641. The molecule has 12 heavy (non-hydrogen) atoms. The molecular weight excluding hydrogens is 146 g/mol. The Labute approximate surface area is 75.9 Å². The van der Waals surface area contributed by atoms with Gasteiger partial charge in [-0.25, -0.2) is 0 Å². The summed E-state index contributed by atoms with van der Waals surface area (Å²) in [7, 11) is 2.08. The van der Waals surface area contributed by atoms with E-state index in [1.165, 1.54) is 32.2 Å². The van der Waals surface area contributed by atoms with E-state index in [-0.39, 0.29) is 0 Å². The van der Waals surface area contributed by atoms with Gasteiger partial charge in [0, 0.05) is 0 Å². The molecule has 2 atom stereocenters. The smallest absolute Gasteiger partial charge is 0.00180 e. The topological polar surface area (TPSA) is 12.0 Å². The average Bonchev–Trinajstić information content (AvgIpc) is 2.50. The lowest BCUT2D eigenvalue weighted by molar-refractivity contribution is 0.341. The quantitative estimate of drug-likeness (QED) is 0.666. The van der Waals surface area contributed by atoms with Crippen LogP contribution in [0.1, 0.15) is 39.5 Å². The zero-order valence-electron chi connectivity index (χ0n) is 8.61. The van der Waals surface area contributed by atoms with Crippen LogP contribution in [0.2, 0.25) is 0 Å². The molecule has 2 aliphatic carbocycles. The third kappa shape index (κ3) is 1.28. The van der Waals surface area contributed by atoms with E-state index in [2.05, 4.69) is 26.2 Å². The Morgan fingerprint density at radius 1 is 1.33 bits per heavy atom. The summed E-state index contributed by atoms with van der Waals surface area (Å²) in [6, 6.07) is 0. The fourth-order valence-electron chi connectivity index (χ4n) is 3.21. The van der Waals surface area contributed by atoms with Crippen LogP contribution in [0.25, 0.3) is 0 Å². The van der Waals surface area contributed by atoms with Gasteiger partial charge in [0.25, 0.3) is 0 Å². The summed E-state index contributed by atoms with van der Waals surface area (Å²) < 4.78 is 0. The Morgan fingerprint density at radius 2 is 2.08 bits per heavy atom. The number of hydrogen-bond acceptors (Lipinski definition) is 1. The molecule has 1 nitrogen and oxygen atoms in total. The van der Waals surface area contributed by atoms with Crippen LogP contribution in [0.15, 0.2) is 0 Å². The molecule has 1 spiro atoms. The molecule has 0 saturated heterocycles. The normalized spacial score (nSPS) is 43.8. The van der Waals surface area contributed by atoms with E-state index in [4.69, 9.17) is 0 Å². The lowest BCUT2D eigenvalue weighted by Crippen LogP contribution is -2.14. The van der Waals surface area contributed by atoms with Crippen LogP contribution in [0, 0.1) is 16.7 Å². The van der Waals surface area contributed by atoms with Crippen LogP contribution in [-0.4, -0.2) is 13.6 Å².